The minimum absolute atomic E-state index is 0.0148. The predicted molar refractivity (Wildman–Crippen MR) is 82.0 cm³/mol. The van der Waals surface area contributed by atoms with Gasteiger partial charge in [-0.25, -0.2) is 4.98 Å². The summed E-state index contributed by atoms with van der Waals surface area (Å²) in [4.78, 5) is 14.5. The first-order valence-corrected chi connectivity index (χ1v) is 6.88. The van der Waals surface area contributed by atoms with Gasteiger partial charge in [0.1, 0.15) is 17.6 Å². The third-order valence-electron chi connectivity index (χ3n) is 3.01. The molecule has 2 aromatic rings. The molecule has 0 bridgehead atoms. The van der Waals surface area contributed by atoms with Crippen molar-refractivity contribution in [3.05, 3.63) is 53.2 Å². The van der Waals surface area contributed by atoms with Crippen molar-refractivity contribution in [3.63, 3.8) is 0 Å². The average Bonchev–Trinajstić information content (AvgIpc) is 2.51. The van der Waals surface area contributed by atoms with E-state index in [1.807, 2.05) is 0 Å². The molecule has 0 unspecified atom stereocenters. The maximum atomic E-state index is 12.7. The third-order valence-corrected chi connectivity index (χ3v) is 3.01. The summed E-state index contributed by atoms with van der Waals surface area (Å²) in [5.74, 6) is -0.372. The second-order valence-corrected chi connectivity index (χ2v) is 4.94. The molecule has 0 saturated heterocycles. The van der Waals surface area contributed by atoms with Crippen LogP contribution in [0.3, 0.4) is 0 Å². The zero-order valence-corrected chi connectivity index (χ0v) is 12.6. The molecule has 124 valence electrons. The van der Waals surface area contributed by atoms with Crippen LogP contribution in [0.15, 0.2) is 36.4 Å². The van der Waals surface area contributed by atoms with Crippen LogP contribution < -0.4 is 10.6 Å². The molecule has 1 aromatic carbocycles. The topological polar surface area (TPSA) is 77.8 Å². The van der Waals surface area contributed by atoms with Gasteiger partial charge in [0.05, 0.1) is 5.56 Å². The second-order valence-electron chi connectivity index (χ2n) is 4.94. The summed E-state index contributed by atoms with van der Waals surface area (Å²) in [7, 11) is 0. The van der Waals surface area contributed by atoms with Gasteiger partial charge in [0, 0.05) is 19.2 Å². The molecule has 0 radical (unpaired) electrons. The molecule has 8 heteroatoms. The number of hydrogen-bond donors (Lipinski definition) is 2. The summed E-state index contributed by atoms with van der Waals surface area (Å²) in [5, 5.41) is 14.3. The van der Waals surface area contributed by atoms with Gasteiger partial charge in [-0.2, -0.15) is 18.4 Å². The molecule has 0 atom stereocenters. The van der Waals surface area contributed by atoms with Gasteiger partial charge in [-0.05, 0) is 29.8 Å². The second kappa shape index (κ2) is 7.00. The van der Waals surface area contributed by atoms with Crippen molar-refractivity contribution in [2.24, 2.45) is 0 Å². The Morgan fingerprint density at radius 3 is 2.67 bits per heavy atom. The van der Waals surface area contributed by atoms with E-state index in [0.29, 0.717) is 11.3 Å². The number of amides is 1. The van der Waals surface area contributed by atoms with Crippen molar-refractivity contribution in [2.45, 2.75) is 19.6 Å². The Morgan fingerprint density at radius 1 is 1.29 bits per heavy atom. The molecule has 1 aromatic heterocycles. The highest BCUT2D eigenvalue weighted by Gasteiger charge is 2.33. The zero-order valence-electron chi connectivity index (χ0n) is 12.6. The Morgan fingerprint density at radius 2 is 2.04 bits per heavy atom. The van der Waals surface area contributed by atoms with Crippen molar-refractivity contribution in [3.8, 4) is 6.07 Å². The summed E-state index contributed by atoms with van der Waals surface area (Å²) in [5.41, 5.74) is 0.223. The molecule has 1 amide bonds. The van der Waals surface area contributed by atoms with E-state index in [1.165, 1.54) is 6.92 Å². The van der Waals surface area contributed by atoms with Crippen LogP contribution in [0.2, 0.25) is 0 Å². The molecule has 0 fully saturated rings. The van der Waals surface area contributed by atoms with Crippen LogP contribution in [0.5, 0.6) is 0 Å². The van der Waals surface area contributed by atoms with Crippen molar-refractivity contribution >= 4 is 17.4 Å². The lowest BCUT2D eigenvalue weighted by molar-refractivity contribution is -0.141. The van der Waals surface area contributed by atoms with Gasteiger partial charge < -0.3 is 10.6 Å². The molecule has 2 rings (SSSR count). The smallest absolute Gasteiger partial charge is 0.365 e. The molecule has 0 aliphatic rings. The highest BCUT2D eigenvalue weighted by Crippen LogP contribution is 2.29. The van der Waals surface area contributed by atoms with Gasteiger partial charge in [0.2, 0.25) is 5.91 Å². The molecule has 0 saturated carbocycles. The molecule has 0 spiro atoms. The van der Waals surface area contributed by atoms with Crippen LogP contribution >= 0.6 is 0 Å². The normalized spacial score (nSPS) is 10.8. The number of carbonyl (C=O) groups is 1. The van der Waals surface area contributed by atoms with Crippen molar-refractivity contribution in [2.75, 3.05) is 10.6 Å². The fourth-order valence-corrected chi connectivity index (χ4v) is 1.99. The van der Waals surface area contributed by atoms with Gasteiger partial charge in [-0.15, -0.1) is 0 Å². The molecule has 0 aliphatic heterocycles. The Kier molecular flexibility index (Phi) is 5.04. The number of carbonyl (C=O) groups excluding carboxylic acids is 1. The molecule has 5 nitrogen and oxygen atoms in total. The van der Waals surface area contributed by atoms with Crippen molar-refractivity contribution < 1.29 is 18.0 Å². The lowest BCUT2D eigenvalue weighted by Gasteiger charge is -2.12. The van der Waals surface area contributed by atoms with Gasteiger partial charge in [0.15, 0.2) is 0 Å². The first-order chi connectivity index (χ1) is 11.3. The standard InChI is InChI=1S/C16H13F3N4O/c1-10(24)22-13-4-2-3-11(7-13)9-21-15-12(8-20)5-6-14(23-15)16(17,18)19/h2-7H,9H2,1H3,(H,21,23)(H,22,24). The summed E-state index contributed by atoms with van der Waals surface area (Å²) in [6, 6.07) is 10.4. The highest BCUT2D eigenvalue weighted by atomic mass is 19.4. The number of halogens is 3. The number of nitrogens with one attached hydrogen (secondary N) is 2. The van der Waals surface area contributed by atoms with Gasteiger partial charge >= 0.3 is 6.18 Å². The van der Waals surface area contributed by atoms with Crippen LogP contribution in [-0.4, -0.2) is 10.9 Å². The van der Waals surface area contributed by atoms with Gasteiger partial charge in [-0.3, -0.25) is 4.79 Å². The molecular formula is C16H13F3N4O. The predicted octanol–water partition coefficient (Wildman–Crippen LogP) is 3.54. The van der Waals surface area contributed by atoms with E-state index < -0.39 is 11.9 Å². The molecular weight excluding hydrogens is 321 g/mol. The summed E-state index contributed by atoms with van der Waals surface area (Å²) < 4.78 is 38.2. The van der Waals surface area contributed by atoms with Crippen molar-refractivity contribution in [1.82, 2.24) is 4.98 Å². The third kappa shape index (κ3) is 4.46. The van der Waals surface area contributed by atoms with E-state index in [1.54, 1.807) is 30.3 Å². The quantitative estimate of drug-likeness (QED) is 0.896. The van der Waals surface area contributed by atoms with E-state index in [4.69, 9.17) is 5.26 Å². The Labute approximate surface area is 136 Å². The number of nitriles is 1. The number of hydrogen-bond acceptors (Lipinski definition) is 4. The minimum Gasteiger partial charge on any atom is -0.365 e. The number of aromatic nitrogens is 1. The van der Waals surface area contributed by atoms with E-state index >= 15 is 0 Å². The minimum atomic E-state index is -4.59. The first kappa shape index (κ1) is 17.3. The SMILES string of the molecule is CC(=O)Nc1cccc(CNc2nc(C(F)(F)F)ccc2C#N)c1. The van der Waals surface area contributed by atoms with E-state index in [9.17, 15) is 18.0 Å². The monoisotopic (exact) mass is 334 g/mol. The van der Waals surface area contributed by atoms with E-state index in [-0.39, 0.29) is 23.8 Å². The Hall–Kier alpha value is -3.08. The lowest BCUT2D eigenvalue weighted by atomic mass is 10.2. The van der Waals surface area contributed by atoms with Crippen LogP contribution in [-0.2, 0) is 17.5 Å². The number of alkyl halides is 3. The maximum Gasteiger partial charge on any atom is 0.433 e. The maximum absolute atomic E-state index is 12.7. The summed E-state index contributed by atoms with van der Waals surface area (Å²) >= 11 is 0. The molecule has 1 heterocycles. The lowest BCUT2D eigenvalue weighted by Crippen LogP contribution is -2.12. The Bertz CT molecular complexity index is 797. The number of benzene rings is 1. The fourth-order valence-electron chi connectivity index (χ4n) is 1.99. The largest absolute Gasteiger partial charge is 0.433 e. The number of pyridine rings is 1. The summed E-state index contributed by atoms with van der Waals surface area (Å²) in [6.07, 6.45) is -4.59. The first-order valence-electron chi connectivity index (χ1n) is 6.88. The van der Waals surface area contributed by atoms with Gasteiger partial charge in [-0.1, -0.05) is 12.1 Å². The average molecular weight is 334 g/mol. The van der Waals surface area contributed by atoms with E-state index in [0.717, 1.165) is 12.1 Å². The summed E-state index contributed by atoms with van der Waals surface area (Å²) in [6.45, 7) is 1.52. The van der Waals surface area contributed by atoms with Crippen LogP contribution in [0.25, 0.3) is 0 Å². The van der Waals surface area contributed by atoms with Crippen LogP contribution in [0.1, 0.15) is 23.7 Å². The van der Waals surface area contributed by atoms with Gasteiger partial charge in [0.25, 0.3) is 0 Å². The number of rotatable bonds is 4. The van der Waals surface area contributed by atoms with E-state index in [2.05, 4.69) is 15.6 Å². The van der Waals surface area contributed by atoms with Crippen molar-refractivity contribution in [1.29, 1.82) is 5.26 Å². The van der Waals surface area contributed by atoms with Crippen LogP contribution in [0.4, 0.5) is 24.7 Å². The Balaban J connectivity index is 2.19. The number of nitrogens with zero attached hydrogens (tertiary/aromatic N) is 2. The number of anilines is 2. The fraction of sp³-hybridized carbons (Fsp3) is 0.188. The zero-order chi connectivity index (χ0) is 17.7. The molecule has 0 aliphatic carbocycles. The van der Waals surface area contributed by atoms with Crippen LogP contribution in [0, 0.1) is 11.3 Å². The molecule has 2 N–H and O–H groups in total. The molecule has 24 heavy (non-hydrogen) atoms. The highest BCUT2D eigenvalue weighted by molar-refractivity contribution is 5.88.